The molecule has 7 nitrogen and oxygen atoms in total. The lowest BCUT2D eigenvalue weighted by molar-refractivity contribution is 0.100. The van der Waals surface area contributed by atoms with Crippen LogP contribution in [0.4, 0.5) is 5.69 Å². The summed E-state index contributed by atoms with van der Waals surface area (Å²) in [5.41, 5.74) is 15.2. The Balaban J connectivity index is 1.31. The third-order valence-corrected chi connectivity index (χ3v) is 7.03. The molecule has 0 fully saturated rings. The van der Waals surface area contributed by atoms with E-state index in [4.69, 9.17) is 15.2 Å². The molecule has 7 heteroatoms. The number of para-hydroxylation sites is 1. The van der Waals surface area contributed by atoms with Crippen LogP contribution in [0.1, 0.15) is 21.6 Å². The SMILES string of the molecule is Cc1nn(-c2ccc(C(N)=O)c(NCc3cc4ccc3o4)c2)c2cccc(-c3cnc4ccccc4c3)c12. The number of carbonyl (C=O) groups is 1. The van der Waals surface area contributed by atoms with Crippen LogP contribution in [-0.2, 0) is 6.54 Å². The first-order valence-electron chi connectivity index (χ1n) is 12.4. The van der Waals surface area contributed by atoms with Gasteiger partial charge in [-0.25, -0.2) is 4.68 Å². The smallest absolute Gasteiger partial charge is 0.250 e. The van der Waals surface area contributed by atoms with Crippen LogP contribution in [0.5, 0.6) is 0 Å². The Hall–Kier alpha value is -5.17. The number of anilines is 1. The van der Waals surface area contributed by atoms with Gasteiger partial charge in [0.05, 0.1) is 28.0 Å². The number of pyridine rings is 1. The van der Waals surface area contributed by atoms with Crippen molar-refractivity contribution in [2.45, 2.75) is 13.5 Å². The summed E-state index contributed by atoms with van der Waals surface area (Å²) in [6.45, 7) is 2.52. The molecule has 0 saturated carbocycles. The second kappa shape index (κ2) is 8.45. The van der Waals surface area contributed by atoms with E-state index in [1.54, 1.807) is 6.07 Å². The average Bonchev–Trinajstić information content (AvgIpc) is 3.66. The van der Waals surface area contributed by atoms with E-state index in [-0.39, 0.29) is 0 Å². The zero-order valence-corrected chi connectivity index (χ0v) is 20.6. The summed E-state index contributed by atoms with van der Waals surface area (Å²) in [5, 5.41) is 10.4. The molecule has 0 unspecified atom stereocenters. The van der Waals surface area contributed by atoms with Gasteiger partial charge in [0.25, 0.3) is 5.91 Å². The van der Waals surface area contributed by atoms with Gasteiger partial charge in [0, 0.05) is 40.3 Å². The summed E-state index contributed by atoms with van der Waals surface area (Å²) < 4.78 is 7.55. The number of carbonyl (C=O) groups excluding carboxylic acids is 1. The van der Waals surface area contributed by atoms with Crippen molar-refractivity contribution in [2.24, 2.45) is 5.73 Å². The van der Waals surface area contributed by atoms with Gasteiger partial charge in [0.1, 0.15) is 11.2 Å². The van der Waals surface area contributed by atoms with Gasteiger partial charge in [-0.2, -0.15) is 5.10 Å². The van der Waals surface area contributed by atoms with E-state index < -0.39 is 5.91 Å². The van der Waals surface area contributed by atoms with Gasteiger partial charge >= 0.3 is 0 Å². The van der Waals surface area contributed by atoms with E-state index >= 15 is 0 Å². The summed E-state index contributed by atoms with van der Waals surface area (Å²) in [6, 6.07) is 27.9. The highest BCUT2D eigenvalue weighted by Gasteiger charge is 2.17. The van der Waals surface area contributed by atoms with Crippen LogP contribution in [0.15, 0.2) is 95.5 Å². The van der Waals surface area contributed by atoms with Crippen LogP contribution < -0.4 is 11.1 Å². The lowest BCUT2D eigenvalue weighted by atomic mass is 10.0. The van der Waals surface area contributed by atoms with Crippen LogP contribution in [0.3, 0.4) is 0 Å². The van der Waals surface area contributed by atoms with Gasteiger partial charge in [0.2, 0.25) is 0 Å². The Morgan fingerprint density at radius 1 is 1.00 bits per heavy atom. The predicted octanol–water partition coefficient (Wildman–Crippen LogP) is 6.44. The number of fused-ring (bicyclic) bond motifs is 4. The molecule has 3 N–H and O–H groups in total. The van der Waals surface area contributed by atoms with E-state index in [2.05, 4.69) is 34.6 Å². The van der Waals surface area contributed by atoms with Crippen LogP contribution in [0.2, 0.25) is 0 Å². The van der Waals surface area contributed by atoms with Crippen molar-refractivity contribution in [2.75, 3.05) is 5.32 Å². The maximum atomic E-state index is 12.2. The number of furan rings is 2. The molecule has 0 aliphatic heterocycles. The van der Waals surface area contributed by atoms with Gasteiger partial charge in [-0.15, -0.1) is 0 Å². The quantitative estimate of drug-likeness (QED) is 0.275. The van der Waals surface area contributed by atoms with E-state index in [9.17, 15) is 4.79 Å². The second-order valence-corrected chi connectivity index (χ2v) is 9.43. The minimum atomic E-state index is -0.494. The Morgan fingerprint density at radius 3 is 2.71 bits per heavy atom. The van der Waals surface area contributed by atoms with Crippen molar-refractivity contribution < 1.29 is 9.21 Å². The molecule has 1 amide bonds. The molecule has 0 aliphatic rings. The number of amides is 1. The molecule has 4 heterocycles. The van der Waals surface area contributed by atoms with E-state index in [1.165, 1.54) is 0 Å². The highest BCUT2D eigenvalue weighted by Crippen LogP contribution is 2.34. The normalized spacial score (nSPS) is 11.6. The molecule has 0 spiro atoms. The summed E-state index contributed by atoms with van der Waals surface area (Å²) in [6.07, 6.45) is 1.91. The van der Waals surface area contributed by atoms with Gasteiger partial charge < -0.3 is 15.5 Å². The van der Waals surface area contributed by atoms with Gasteiger partial charge in [0.15, 0.2) is 0 Å². The summed E-state index contributed by atoms with van der Waals surface area (Å²) in [5.74, 6) is -0.494. The fraction of sp³-hybridized carbons (Fsp3) is 0.0645. The minimum Gasteiger partial charge on any atom is -0.457 e. The van der Waals surface area contributed by atoms with Crippen LogP contribution in [0, 0.1) is 6.92 Å². The standard InChI is InChI=1S/C31H23N5O2/c1-18-30-24(20-13-19-5-2-3-7-26(19)33-16-20)6-4-8-28(30)36(35-18)22-9-11-25(31(32)37)27(15-22)34-17-21-14-23-10-12-29(21)38-23/h2-16,34H,17H2,1H3,(H2,32,37). The minimum absolute atomic E-state index is 0.419. The molecule has 0 saturated heterocycles. The lowest BCUT2D eigenvalue weighted by Crippen LogP contribution is -2.15. The number of benzene rings is 4. The monoisotopic (exact) mass is 497 g/mol. The number of aromatic nitrogens is 3. The fourth-order valence-electron chi connectivity index (χ4n) is 5.21. The van der Waals surface area contributed by atoms with Crippen LogP contribution in [0.25, 0.3) is 49.8 Å². The molecule has 0 atom stereocenters. The number of nitrogens with zero attached hydrogens (tertiary/aromatic N) is 3. The maximum Gasteiger partial charge on any atom is 0.250 e. The zero-order chi connectivity index (χ0) is 25.8. The number of hydrogen-bond acceptors (Lipinski definition) is 5. The van der Waals surface area contributed by atoms with Gasteiger partial charge in [-0.3, -0.25) is 9.78 Å². The second-order valence-electron chi connectivity index (χ2n) is 9.43. The molecule has 7 aromatic rings. The first-order valence-corrected chi connectivity index (χ1v) is 12.4. The number of nitrogens with one attached hydrogen (secondary N) is 1. The molecular formula is C31H23N5O2. The fourth-order valence-corrected chi connectivity index (χ4v) is 5.21. The molecule has 3 aromatic carbocycles. The third-order valence-electron chi connectivity index (χ3n) is 7.03. The topological polar surface area (TPSA) is 99.0 Å². The van der Waals surface area contributed by atoms with Crippen molar-refractivity contribution in [1.82, 2.24) is 14.8 Å². The Morgan fingerprint density at radius 2 is 1.89 bits per heavy atom. The first kappa shape index (κ1) is 22.1. The Labute approximate surface area is 217 Å². The van der Waals surface area contributed by atoms with Crippen molar-refractivity contribution in [3.8, 4) is 16.8 Å². The summed E-state index contributed by atoms with van der Waals surface area (Å²) >= 11 is 0. The largest absolute Gasteiger partial charge is 0.457 e. The zero-order valence-electron chi connectivity index (χ0n) is 20.6. The van der Waals surface area contributed by atoms with Crippen molar-refractivity contribution >= 4 is 44.6 Å². The number of rotatable bonds is 6. The molecule has 184 valence electrons. The number of hydrogen-bond donors (Lipinski definition) is 2. The van der Waals surface area contributed by atoms with E-state index in [0.29, 0.717) is 17.8 Å². The van der Waals surface area contributed by atoms with Crippen LogP contribution in [-0.4, -0.2) is 20.7 Å². The van der Waals surface area contributed by atoms with Crippen molar-refractivity contribution in [1.29, 1.82) is 0 Å². The van der Waals surface area contributed by atoms with E-state index in [1.807, 2.05) is 72.4 Å². The summed E-state index contributed by atoms with van der Waals surface area (Å²) in [7, 11) is 0. The van der Waals surface area contributed by atoms with Gasteiger partial charge in [-0.05, 0) is 67.1 Å². The molecule has 2 bridgehead atoms. The molecule has 38 heavy (non-hydrogen) atoms. The van der Waals surface area contributed by atoms with Gasteiger partial charge in [-0.1, -0.05) is 30.3 Å². The molecule has 0 aliphatic carbocycles. The predicted molar refractivity (Wildman–Crippen MR) is 150 cm³/mol. The van der Waals surface area contributed by atoms with Crippen molar-refractivity contribution in [3.63, 3.8) is 0 Å². The number of nitrogens with two attached hydrogens (primary N) is 1. The number of primary amides is 1. The molecule has 4 aromatic heterocycles. The molecule has 7 rings (SSSR count). The average molecular weight is 498 g/mol. The maximum absolute atomic E-state index is 12.2. The molecular weight excluding hydrogens is 474 g/mol. The Kier molecular flexibility index (Phi) is 4.91. The molecule has 0 radical (unpaired) electrons. The van der Waals surface area contributed by atoms with Crippen molar-refractivity contribution in [3.05, 3.63) is 108 Å². The first-order chi connectivity index (χ1) is 18.5. The third kappa shape index (κ3) is 3.56. The lowest BCUT2D eigenvalue weighted by Gasteiger charge is -2.13. The summed E-state index contributed by atoms with van der Waals surface area (Å²) in [4.78, 5) is 16.9. The highest BCUT2D eigenvalue weighted by atomic mass is 16.3. The van der Waals surface area contributed by atoms with E-state index in [0.717, 1.165) is 61.0 Å². The Bertz CT molecular complexity index is 1980. The highest BCUT2D eigenvalue weighted by molar-refractivity contribution is 6.00. The number of aryl methyl sites for hydroxylation is 1. The van der Waals surface area contributed by atoms with Crippen LogP contribution >= 0.6 is 0 Å².